The Morgan fingerprint density at radius 3 is 3.18 bits per heavy atom. The van der Waals surface area contributed by atoms with Gasteiger partial charge < -0.3 is 5.73 Å². The molecule has 2 unspecified atom stereocenters. The number of hydrogen-bond donors (Lipinski definition) is 1. The van der Waals surface area contributed by atoms with E-state index in [-0.39, 0.29) is 6.04 Å². The van der Waals surface area contributed by atoms with Gasteiger partial charge in [0.15, 0.2) is 0 Å². The summed E-state index contributed by atoms with van der Waals surface area (Å²) in [6, 6.07) is 6.47. The standard InChI is InChI=1S/C13H13IN2S/c14-11-6-9(7-17-11)12(15)10-4-3-8-2-1-5-16-13(8)10/h1-2,5-7,10,12H,3-4,15H2. The van der Waals surface area contributed by atoms with E-state index in [9.17, 15) is 0 Å². The van der Waals surface area contributed by atoms with Gasteiger partial charge in [0.1, 0.15) is 0 Å². The lowest BCUT2D eigenvalue weighted by molar-refractivity contribution is 0.542. The van der Waals surface area contributed by atoms with Crippen LogP contribution in [-0.4, -0.2) is 4.98 Å². The van der Waals surface area contributed by atoms with Crippen molar-refractivity contribution >= 4 is 33.9 Å². The first-order chi connectivity index (χ1) is 8.25. The topological polar surface area (TPSA) is 38.9 Å². The van der Waals surface area contributed by atoms with Crippen molar-refractivity contribution in [3.63, 3.8) is 0 Å². The van der Waals surface area contributed by atoms with Gasteiger partial charge in [0.05, 0.1) is 2.88 Å². The molecule has 2 aromatic rings. The molecule has 2 atom stereocenters. The molecule has 2 N–H and O–H groups in total. The molecule has 0 aromatic carbocycles. The van der Waals surface area contributed by atoms with E-state index < -0.39 is 0 Å². The van der Waals surface area contributed by atoms with Crippen LogP contribution in [0.15, 0.2) is 29.8 Å². The number of aromatic nitrogens is 1. The molecule has 1 aliphatic rings. The Hall–Kier alpha value is -0.460. The van der Waals surface area contributed by atoms with Gasteiger partial charge in [-0.05, 0) is 64.1 Å². The van der Waals surface area contributed by atoms with Gasteiger partial charge in [-0.3, -0.25) is 4.98 Å². The van der Waals surface area contributed by atoms with Crippen LogP contribution < -0.4 is 5.73 Å². The van der Waals surface area contributed by atoms with Crippen LogP contribution in [-0.2, 0) is 6.42 Å². The maximum atomic E-state index is 6.39. The summed E-state index contributed by atoms with van der Waals surface area (Å²) in [5.41, 5.74) is 10.2. The molecule has 2 aromatic heterocycles. The normalized spacial score (nSPS) is 20.2. The fraction of sp³-hybridized carbons (Fsp3) is 0.308. The van der Waals surface area contributed by atoms with Gasteiger partial charge in [0.2, 0.25) is 0 Å². The number of nitrogens with two attached hydrogens (primary N) is 1. The van der Waals surface area contributed by atoms with Crippen LogP contribution in [0.25, 0.3) is 0 Å². The average molecular weight is 356 g/mol. The Morgan fingerprint density at radius 1 is 1.53 bits per heavy atom. The monoisotopic (exact) mass is 356 g/mol. The van der Waals surface area contributed by atoms with Crippen molar-refractivity contribution in [1.29, 1.82) is 0 Å². The SMILES string of the molecule is NC(c1csc(I)c1)C1CCc2cccnc21. The predicted molar refractivity (Wildman–Crippen MR) is 79.3 cm³/mol. The highest BCUT2D eigenvalue weighted by Crippen LogP contribution is 2.40. The first kappa shape index (κ1) is 11.6. The second-order valence-corrected chi connectivity index (χ2v) is 7.21. The highest BCUT2D eigenvalue weighted by Gasteiger charge is 2.29. The van der Waals surface area contributed by atoms with Crippen molar-refractivity contribution in [1.82, 2.24) is 4.98 Å². The second kappa shape index (κ2) is 4.66. The molecule has 17 heavy (non-hydrogen) atoms. The molecule has 0 amide bonds. The Balaban J connectivity index is 1.92. The van der Waals surface area contributed by atoms with Crippen LogP contribution in [0, 0.1) is 2.88 Å². The van der Waals surface area contributed by atoms with E-state index in [1.807, 2.05) is 12.3 Å². The first-order valence-corrected chi connectivity index (χ1v) is 7.65. The predicted octanol–water partition coefficient (Wildman–Crippen LogP) is 3.48. The maximum Gasteiger partial charge on any atom is 0.0656 e. The third-order valence-corrected chi connectivity index (χ3v) is 5.22. The summed E-state index contributed by atoms with van der Waals surface area (Å²) in [7, 11) is 0. The summed E-state index contributed by atoms with van der Waals surface area (Å²) < 4.78 is 1.30. The smallest absolute Gasteiger partial charge is 0.0656 e. The van der Waals surface area contributed by atoms with E-state index in [0.29, 0.717) is 5.92 Å². The van der Waals surface area contributed by atoms with E-state index in [0.717, 1.165) is 12.8 Å². The molecule has 3 rings (SSSR count). The average Bonchev–Trinajstić information content (AvgIpc) is 2.94. The number of halogens is 1. The van der Waals surface area contributed by atoms with Crippen LogP contribution >= 0.6 is 33.9 Å². The van der Waals surface area contributed by atoms with Crippen molar-refractivity contribution < 1.29 is 0 Å². The maximum absolute atomic E-state index is 6.39. The van der Waals surface area contributed by atoms with Crippen LogP contribution in [0.1, 0.15) is 35.2 Å². The third kappa shape index (κ3) is 2.13. The van der Waals surface area contributed by atoms with E-state index in [1.54, 1.807) is 11.3 Å². The van der Waals surface area contributed by atoms with Crippen LogP contribution in [0.3, 0.4) is 0 Å². The lowest BCUT2D eigenvalue weighted by Crippen LogP contribution is -2.18. The number of thiophene rings is 1. The summed E-state index contributed by atoms with van der Waals surface area (Å²) >= 11 is 4.10. The molecular formula is C13H13IN2S. The first-order valence-electron chi connectivity index (χ1n) is 5.69. The third-order valence-electron chi connectivity index (χ3n) is 3.41. The molecule has 0 fully saturated rings. The van der Waals surface area contributed by atoms with E-state index >= 15 is 0 Å². The van der Waals surface area contributed by atoms with Crippen LogP contribution in [0.4, 0.5) is 0 Å². The number of pyridine rings is 1. The van der Waals surface area contributed by atoms with E-state index in [4.69, 9.17) is 5.73 Å². The molecule has 0 aliphatic heterocycles. The van der Waals surface area contributed by atoms with Gasteiger partial charge in [0.25, 0.3) is 0 Å². The van der Waals surface area contributed by atoms with Crippen molar-refractivity contribution in [2.45, 2.75) is 24.8 Å². The minimum absolute atomic E-state index is 0.0888. The van der Waals surface area contributed by atoms with Gasteiger partial charge in [-0.1, -0.05) is 6.07 Å². The number of fused-ring (bicyclic) bond motifs is 1. The Kier molecular flexibility index (Phi) is 3.19. The fourth-order valence-corrected chi connectivity index (χ4v) is 3.94. The number of nitrogens with zero attached hydrogens (tertiary/aromatic N) is 1. The zero-order chi connectivity index (χ0) is 11.8. The quantitative estimate of drug-likeness (QED) is 0.837. The molecule has 2 heterocycles. The lowest BCUT2D eigenvalue weighted by atomic mass is 9.93. The van der Waals surface area contributed by atoms with Gasteiger partial charge in [-0.25, -0.2) is 0 Å². The Morgan fingerprint density at radius 2 is 2.41 bits per heavy atom. The molecule has 0 saturated heterocycles. The molecular weight excluding hydrogens is 343 g/mol. The highest BCUT2D eigenvalue weighted by molar-refractivity contribution is 14.1. The van der Waals surface area contributed by atoms with Crippen molar-refractivity contribution in [3.8, 4) is 0 Å². The molecule has 0 saturated carbocycles. The Bertz CT molecular complexity index is 538. The van der Waals surface area contributed by atoms with Gasteiger partial charge in [0, 0.05) is 23.9 Å². The van der Waals surface area contributed by atoms with Crippen LogP contribution in [0.2, 0.25) is 0 Å². The minimum Gasteiger partial charge on any atom is -0.323 e. The van der Waals surface area contributed by atoms with E-state index in [2.05, 4.69) is 45.1 Å². The largest absolute Gasteiger partial charge is 0.323 e. The lowest BCUT2D eigenvalue weighted by Gasteiger charge is -2.18. The number of aryl methyl sites for hydroxylation is 1. The zero-order valence-electron chi connectivity index (χ0n) is 9.27. The molecule has 88 valence electrons. The molecule has 0 radical (unpaired) electrons. The molecule has 4 heteroatoms. The molecule has 0 spiro atoms. The second-order valence-electron chi connectivity index (χ2n) is 4.40. The molecule has 2 nitrogen and oxygen atoms in total. The van der Waals surface area contributed by atoms with Gasteiger partial charge in [-0.2, -0.15) is 0 Å². The summed E-state index contributed by atoms with van der Waals surface area (Å²) in [5, 5.41) is 2.17. The Labute approximate surface area is 118 Å². The van der Waals surface area contributed by atoms with E-state index in [1.165, 1.54) is 19.7 Å². The minimum atomic E-state index is 0.0888. The summed E-state index contributed by atoms with van der Waals surface area (Å²) in [5.74, 6) is 0.386. The molecule has 0 bridgehead atoms. The summed E-state index contributed by atoms with van der Waals surface area (Å²) in [4.78, 5) is 4.52. The van der Waals surface area contributed by atoms with Crippen molar-refractivity contribution in [2.75, 3.05) is 0 Å². The fourth-order valence-electron chi connectivity index (χ4n) is 2.52. The highest BCUT2D eigenvalue weighted by atomic mass is 127. The van der Waals surface area contributed by atoms with Crippen molar-refractivity contribution in [2.24, 2.45) is 5.73 Å². The van der Waals surface area contributed by atoms with Gasteiger partial charge >= 0.3 is 0 Å². The molecule has 1 aliphatic carbocycles. The number of rotatable bonds is 2. The van der Waals surface area contributed by atoms with Crippen LogP contribution in [0.5, 0.6) is 0 Å². The van der Waals surface area contributed by atoms with Gasteiger partial charge in [-0.15, -0.1) is 11.3 Å². The summed E-state index contributed by atoms with van der Waals surface area (Å²) in [6.45, 7) is 0. The number of hydrogen-bond acceptors (Lipinski definition) is 3. The zero-order valence-corrected chi connectivity index (χ0v) is 12.2. The summed E-state index contributed by atoms with van der Waals surface area (Å²) in [6.07, 6.45) is 4.12. The van der Waals surface area contributed by atoms with Crippen molar-refractivity contribution in [3.05, 3.63) is 49.5 Å².